The van der Waals surface area contributed by atoms with E-state index in [2.05, 4.69) is 16.4 Å². The third-order valence-corrected chi connectivity index (χ3v) is 4.81. The van der Waals surface area contributed by atoms with Gasteiger partial charge in [0.2, 0.25) is 0 Å². The number of benzene rings is 2. The third kappa shape index (κ3) is 2.87. The number of anilines is 1. The van der Waals surface area contributed by atoms with Crippen LogP contribution in [0.4, 0.5) is 5.82 Å². The lowest BCUT2D eigenvalue weighted by Crippen LogP contribution is -2.06. The molecular weight excluding hydrogens is 352 g/mol. The predicted molar refractivity (Wildman–Crippen MR) is 109 cm³/mol. The quantitative estimate of drug-likeness (QED) is 0.566. The molecule has 0 fully saturated rings. The van der Waals surface area contributed by atoms with Crippen molar-refractivity contribution in [2.75, 3.05) is 19.5 Å². The zero-order chi connectivity index (χ0) is 19.7. The fourth-order valence-corrected chi connectivity index (χ4v) is 3.41. The average molecular weight is 372 g/mol. The molecule has 6 nitrogen and oxygen atoms in total. The van der Waals surface area contributed by atoms with Gasteiger partial charge < -0.3 is 14.8 Å². The van der Waals surface area contributed by atoms with E-state index >= 15 is 0 Å². The highest BCUT2D eigenvalue weighted by molar-refractivity contribution is 5.85. The van der Waals surface area contributed by atoms with Gasteiger partial charge in [0.05, 0.1) is 30.8 Å². The topological polar surface area (TPSA) is 71.6 Å². The Bertz CT molecular complexity index is 1220. The van der Waals surface area contributed by atoms with Crippen molar-refractivity contribution in [1.29, 1.82) is 5.26 Å². The smallest absolute Gasteiger partial charge is 0.161 e. The molecule has 0 radical (unpaired) electrons. The SMILES string of the molecule is COc1ccc(CNc2cc(C)c(C#N)c3nc4ccccc4n23)cc1OC. The molecule has 0 aliphatic carbocycles. The van der Waals surface area contributed by atoms with Crippen LogP contribution in [0, 0.1) is 18.3 Å². The number of hydrogen-bond donors (Lipinski definition) is 1. The van der Waals surface area contributed by atoms with E-state index in [-0.39, 0.29) is 0 Å². The Labute approximate surface area is 163 Å². The summed E-state index contributed by atoms with van der Waals surface area (Å²) >= 11 is 0. The summed E-state index contributed by atoms with van der Waals surface area (Å²) in [7, 11) is 3.25. The van der Waals surface area contributed by atoms with Crippen LogP contribution >= 0.6 is 0 Å². The van der Waals surface area contributed by atoms with Gasteiger partial charge in [-0.1, -0.05) is 18.2 Å². The Balaban J connectivity index is 1.78. The monoisotopic (exact) mass is 372 g/mol. The van der Waals surface area contributed by atoms with Gasteiger partial charge in [-0.3, -0.25) is 4.40 Å². The Morgan fingerprint density at radius 1 is 1.07 bits per heavy atom. The number of aryl methyl sites for hydroxylation is 1. The normalized spacial score (nSPS) is 10.8. The van der Waals surface area contributed by atoms with E-state index in [9.17, 15) is 5.26 Å². The molecule has 1 N–H and O–H groups in total. The Morgan fingerprint density at radius 2 is 1.86 bits per heavy atom. The lowest BCUT2D eigenvalue weighted by Gasteiger charge is -2.14. The molecule has 0 saturated heterocycles. The molecule has 2 aromatic heterocycles. The van der Waals surface area contributed by atoms with Crippen molar-refractivity contribution < 1.29 is 9.47 Å². The number of nitrogens with one attached hydrogen (secondary N) is 1. The molecule has 0 aliphatic rings. The molecule has 2 aromatic carbocycles. The van der Waals surface area contributed by atoms with E-state index in [1.54, 1.807) is 14.2 Å². The van der Waals surface area contributed by atoms with Crippen LogP contribution in [0.15, 0.2) is 48.5 Å². The number of hydrogen-bond acceptors (Lipinski definition) is 5. The number of aromatic nitrogens is 2. The number of imidazole rings is 1. The summed E-state index contributed by atoms with van der Waals surface area (Å²) in [6, 6.07) is 18.0. The van der Waals surface area contributed by atoms with E-state index < -0.39 is 0 Å². The predicted octanol–water partition coefficient (Wildman–Crippen LogP) is 4.30. The van der Waals surface area contributed by atoms with Crippen LogP contribution in [0.2, 0.25) is 0 Å². The molecule has 0 aliphatic heterocycles. The lowest BCUT2D eigenvalue weighted by molar-refractivity contribution is 0.354. The first-order chi connectivity index (χ1) is 13.7. The van der Waals surface area contributed by atoms with Crippen LogP contribution < -0.4 is 14.8 Å². The van der Waals surface area contributed by atoms with Crippen molar-refractivity contribution in [1.82, 2.24) is 9.38 Å². The maximum atomic E-state index is 9.60. The van der Waals surface area contributed by atoms with Gasteiger partial charge in [-0.2, -0.15) is 5.26 Å². The van der Waals surface area contributed by atoms with Gasteiger partial charge in [-0.05, 0) is 48.4 Å². The molecule has 4 rings (SSSR count). The van der Waals surface area contributed by atoms with E-state index in [4.69, 9.17) is 9.47 Å². The highest BCUT2D eigenvalue weighted by Crippen LogP contribution is 2.29. The first-order valence-electron chi connectivity index (χ1n) is 8.92. The van der Waals surface area contributed by atoms with Crippen molar-refractivity contribution in [3.05, 3.63) is 65.2 Å². The summed E-state index contributed by atoms with van der Waals surface area (Å²) in [5, 5.41) is 13.1. The molecule has 0 unspecified atom stereocenters. The van der Waals surface area contributed by atoms with Crippen LogP contribution in [0.1, 0.15) is 16.7 Å². The summed E-state index contributed by atoms with van der Waals surface area (Å²) in [4.78, 5) is 4.68. The van der Waals surface area contributed by atoms with E-state index in [0.29, 0.717) is 29.3 Å². The minimum Gasteiger partial charge on any atom is -0.493 e. The summed E-state index contributed by atoms with van der Waals surface area (Å²) in [6.45, 7) is 2.52. The fraction of sp³-hybridized carbons (Fsp3) is 0.182. The first-order valence-corrected chi connectivity index (χ1v) is 8.92. The van der Waals surface area contributed by atoms with Crippen LogP contribution in [0.3, 0.4) is 0 Å². The number of methoxy groups -OCH3 is 2. The van der Waals surface area contributed by atoms with Crippen molar-refractivity contribution in [3.8, 4) is 17.6 Å². The molecule has 28 heavy (non-hydrogen) atoms. The van der Waals surface area contributed by atoms with Gasteiger partial charge in [-0.15, -0.1) is 0 Å². The number of pyridine rings is 1. The maximum absolute atomic E-state index is 9.60. The first kappa shape index (κ1) is 17.7. The van der Waals surface area contributed by atoms with Crippen molar-refractivity contribution in [2.45, 2.75) is 13.5 Å². The molecule has 4 aromatic rings. The zero-order valence-electron chi connectivity index (χ0n) is 16.0. The second-order valence-corrected chi connectivity index (χ2v) is 6.50. The van der Waals surface area contributed by atoms with Crippen LogP contribution in [-0.2, 0) is 6.54 Å². The van der Waals surface area contributed by atoms with E-state index in [1.165, 1.54) is 0 Å². The van der Waals surface area contributed by atoms with Crippen molar-refractivity contribution >= 4 is 22.5 Å². The van der Waals surface area contributed by atoms with Gasteiger partial charge in [0, 0.05) is 6.54 Å². The minimum absolute atomic E-state index is 0.591. The van der Waals surface area contributed by atoms with E-state index in [0.717, 1.165) is 28.0 Å². The highest BCUT2D eigenvalue weighted by Gasteiger charge is 2.15. The standard InChI is InChI=1S/C22H20N4O2/c1-14-10-21(24-13-15-8-9-19(27-2)20(11-15)28-3)26-18-7-5-4-6-17(18)25-22(26)16(14)12-23/h4-11,24H,13H2,1-3H3. The second kappa shape index (κ2) is 7.12. The van der Waals surface area contributed by atoms with Crippen LogP contribution in [-0.4, -0.2) is 23.6 Å². The number of para-hydroxylation sites is 2. The molecule has 2 heterocycles. The molecule has 0 bridgehead atoms. The van der Waals surface area contributed by atoms with Gasteiger partial charge in [0.1, 0.15) is 11.9 Å². The molecule has 0 atom stereocenters. The van der Waals surface area contributed by atoms with Gasteiger partial charge in [0.15, 0.2) is 17.1 Å². The lowest BCUT2D eigenvalue weighted by atomic mass is 10.1. The number of fused-ring (bicyclic) bond motifs is 3. The Morgan fingerprint density at radius 3 is 2.61 bits per heavy atom. The minimum atomic E-state index is 0.591. The van der Waals surface area contributed by atoms with Crippen molar-refractivity contribution in [2.24, 2.45) is 0 Å². The molecule has 0 saturated carbocycles. The van der Waals surface area contributed by atoms with Gasteiger partial charge in [0.25, 0.3) is 0 Å². The summed E-state index contributed by atoms with van der Waals surface area (Å²) in [6.07, 6.45) is 0. The van der Waals surface area contributed by atoms with Crippen LogP contribution in [0.5, 0.6) is 11.5 Å². The maximum Gasteiger partial charge on any atom is 0.161 e. The van der Waals surface area contributed by atoms with Crippen LogP contribution in [0.25, 0.3) is 16.7 Å². The summed E-state index contributed by atoms with van der Waals surface area (Å²) < 4.78 is 12.7. The van der Waals surface area contributed by atoms with Gasteiger partial charge >= 0.3 is 0 Å². The third-order valence-electron chi connectivity index (χ3n) is 4.81. The largest absolute Gasteiger partial charge is 0.493 e. The van der Waals surface area contributed by atoms with E-state index in [1.807, 2.05) is 59.9 Å². The van der Waals surface area contributed by atoms with Crippen molar-refractivity contribution in [3.63, 3.8) is 0 Å². The Kier molecular flexibility index (Phi) is 4.50. The highest BCUT2D eigenvalue weighted by atomic mass is 16.5. The zero-order valence-corrected chi connectivity index (χ0v) is 16.0. The number of nitrogens with zero attached hydrogens (tertiary/aromatic N) is 3. The molecular formula is C22H20N4O2. The Hall–Kier alpha value is -3.72. The number of ether oxygens (including phenoxy) is 2. The molecule has 0 spiro atoms. The molecule has 140 valence electrons. The average Bonchev–Trinajstić information content (AvgIpc) is 3.11. The summed E-state index contributed by atoms with van der Waals surface area (Å²) in [5.74, 6) is 2.27. The second-order valence-electron chi connectivity index (χ2n) is 6.50. The molecule has 6 heteroatoms. The molecule has 0 amide bonds. The number of nitriles is 1. The summed E-state index contributed by atoms with van der Waals surface area (Å²) in [5.41, 5.74) is 5.02. The number of rotatable bonds is 5. The fourth-order valence-electron chi connectivity index (χ4n) is 3.41. The van der Waals surface area contributed by atoms with Gasteiger partial charge in [-0.25, -0.2) is 4.98 Å².